The van der Waals surface area contributed by atoms with Crippen LogP contribution in [0.3, 0.4) is 0 Å². The van der Waals surface area contributed by atoms with Crippen LogP contribution in [0.1, 0.15) is 21.3 Å². The number of thiophene rings is 1. The molecular weight excluding hydrogens is 427 g/mol. The molecule has 0 unspecified atom stereocenters. The van der Waals surface area contributed by atoms with Crippen molar-refractivity contribution in [1.82, 2.24) is 4.98 Å². The van der Waals surface area contributed by atoms with Gasteiger partial charge in [0.15, 0.2) is 10.9 Å². The maximum Gasteiger partial charge on any atom is 0.296 e. The number of aliphatic hydroxyl groups is 1. The maximum atomic E-state index is 13.1. The molecule has 0 fully saturated rings. The second-order valence-corrected chi connectivity index (χ2v) is 8.29. The summed E-state index contributed by atoms with van der Waals surface area (Å²) in [5.74, 6) is -1.72. The van der Waals surface area contributed by atoms with Crippen molar-refractivity contribution in [2.24, 2.45) is 0 Å². The second kappa shape index (κ2) is 7.09. The monoisotopic (exact) mass is 436 g/mol. The van der Waals surface area contributed by atoms with Crippen LogP contribution >= 0.6 is 45.9 Å². The van der Waals surface area contributed by atoms with E-state index in [9.17, 15) is 14.7 Å². The number of benzene rings is 1. The molecule has 27 heavy (non-hydrogen) atoms. The number of hydrogen-bond donors (Lipinski definition) is 1. The van der Waals surface area contributed by atoms with Gasteiger partial charge in [-0.1, -0.05) is 35.3 Å². The van der Waals surface area contributed by atoms with E-state index in [1.807, 2.05) is 0 Å². The molecule has 0 saturated heterocycles. The summed E-state index contributed by atoms with van der Waals surface area (Å²) in [7, 11) is 0. The predicted molar refractivity (Wildman–Crippen MR) is 107 cm³/mol. The van der Waals surface area contributed by atoms with E-state index in [2.05, 4.69) is 4.98 Å². The van der Waals surface area contributed by atoms with Gasteiger partial charge in [-0.15, -0.1) is 22.7 Å². The van der Waals surface area contributed by atoms with Crippen molar-refractivity contribution in [1.29, 1.82) is 0 Å². The van der Waals surface area contributed by atoms with Gasteiger partial charge in [-0.2, -0.15) is 0 Å². The number of ketones is 1. The number of carbonyl (C=O) groups is 2. The molecule has 1 aliphatic heterocycles. The number of carbonyl (C=O) groups excluding carboxylic acids is 2. The first-order valence-corrected chi connectivity index (χ1v) is 10.2. The van der Waals surface area contributed by atoms with Crippen molar-refractivity contribution in [3.63, 3.8) is 0 Å². The Morgan fingerprint density at radius 3 is 2.63 bits per heavy atom. The SMILES string of the molecule is O=C(C1=C(O)C(=O)N(c2nccs2)[C@H]1c1ccc(Cl)cc1Cl)c1cccs1. The summed E-state index contributed by atoms with van der Waals surface area (Å²) in [5.41, 5.74) is 0.454. The largest absolute Gasteiger partial charge is 0.503 e. The van der Waals surface area contributed by atoms with Crippen molar-refractivity contribution in [3.05, 3.63) is 79.1 Å². The molecule has 0 spiro atoms. The highest BCUT2D eigenvalue weighted by molar-refractivity contribution is 7.14. The topological polar surface area (TPSA) is 70.5 Å². The summed E-state index contributed by atoms with van der Waals surface area (Å²) in [5, 5.41) is 15.1. The number of rotatable bonds is 4. The highest BCUT2D eigenvalue weighted by Crippen LogP contribution is 2.45. The zero-order valence-electron chi connectivity index (χ0n) is 13.4. The molecule has 9 heteroatoms. The van der Waals surface area contributed by atoms with Crippen molar-refractivity contribution in [2.75, 3.05) is 4.90 Å². The van der Waals surface area contributed by atoms with Gasteiger partial charge in [0.1, 0.15) is 0 Å². The van der Waals surface area contributed by atoms with Crippen LogP contribution in [0.25, 0.3) is 0 Å². The number of hydrogen-bond acceptors (Lipinski definition) is 6. The van der Waals surface area contributed by atoms with E-state index < -0.39 is 23.5 Å². The average molecular weight is 437 g/mol. The van der Waals surface area contributed by atoms with Gasteiger partial charge in [-0.3, -0.25) is 14.5 Å². The van der Waals surface area contributed by atoms with E-state index >= 15 is 0 Å². The molecule has 136 valence electrons. The number of thiazole rings is 1. The van der Waals surface area contributed by atoms with E-state index in [4.69, 9.17) is 23.2 Å². The maximum absolute atomic E-state index is 13.1. The third kappa shape index (κ3) is 3.06. The lowest BCUT2D eigenvalue weighted by Crippen LogP contribution is -2.31. The summed E-state index contributed by atoms with van der Waals surface area (Å²) >= 11 is 14.8. The molecule has 4 rings (SSSR count). The van der Waals surface area contributed by atoms with E-state index in [1.54, 1.807) is 41.2 Å². The van der Waals surface area contributed by atoms with Crippen LogP contribution in [0.15, 0.2) is 58.6 Å². The lowest BCUT2D eigenvalue weighted by Gasteiger charge is -2.25. The summed E-state index contributed by atoms with van der Waals surface area (Å²) in [6.07, 6.45) is 1.55. The van der Waals surface area contributed by atoms with E-state index in [0.717, 1.165) is 0 Å². The number of halogens is 2. The molecule has 1 aromatic carbocycles. The first-order valence-electron chi connectivity index (χ1n) is 7.68. The molecule has 1 atom stereocenters. The molecule has 0 aliphatic carbocycles. The average Bonchev–Trinajstić information content (AvgIpc) is 3.37. The van der Waals surface area contributed by atoms with Crippen molar-refractivity contribution in [2.45, 2.75) is 6.04 Å². The Morgan fingerprint density at radius 1 is 1.19 bits per heavy atom. The fourth-order valence-corrected chi connectivity index (χ4v) is 4.78. The second-order valence-electron chi connectivity index (χ2n) is 5.63. The van der Waals surface area contributed by atoms with Gasteiger partial charge in [-0.05, 0) is 29.1 Å². The number of Topliss-reactive ketones (excluding diaryl/α,β-unsaturated/α-hetero) is 1. The molecule has 3 aromatic rings. The molecular formula is C18H10Cl2N2O3S2. The normalized spacial score (nSPS) is 17.0. The predicted octanol–water partition coefficient (Wildman–Crippen LogP) is 5.29. The zero-order valence-corrected chi connectivity index (χ0v) is 16.6. The molecule has 5 nitrogen and oxygen atoms in total. The number of aliphatic hydroxyl groups excluding tert-OH is 1. The van der Waals surface area contributed by atoms with Gasteiger partial charge < -0.3 is 5.11 Å². The lowest BCUT2D eigenvalue weighted by atomic mass is 9.95. The molecule has 1 amide bonds. The molecule has 3 heterocycles. The fourth-order valence-electron chi connectivity index (χ4n) is 2.93. The Hall–Kier alpha value is -2.19. The van der Waals surface area contributed by atoms with Gasteiger partial charge in [-0.25, -0.2) is 4.98 Å². The third-order valence-electron chi connectivity index (χ3n) is 4.08. The van der Waals surface area contributed by atoms with Crippen LogP contribution in [0, 0.1) is 0 Å². The van der Waals surface area contributed by atoms with Crippen LogP contribution in [-0.2, 0) is 4.79 Å². The zero-order chi connectivity index (χ0) is 19.1. The molecule has 0 bridgehead atoms. The van der Waals surface area contributed by atoms with Crippen molar-refractivity contribution >= 4 is 62.7 Å². The van der Waals surface area contributed by atoms with Crippen LogP contribution in [0.4, 0.5) is 5.13 Å². The number of aromatic nitrogens is 1. The van der Waals surface area contributed by atoms with Gasteiger partial charge >= 0.3 is 0 Å². The summed E-state index contributed by atoms with van der Waals surface area (Å²) < 4.78 is 0. The van der Waals surface area contributed by atoms with E-state index in [1.165, 1.54) is 33.6 Å². The number of amides is 1. The summed E-state index contributed by atoms with van der Waals surface area (Å²) in [6, 6.07) is 7.27. The first-order chi connectivity index (χ1) is 13.0. The van der Waals surface area contributed by atoms with Gasteiger partial charge in [0.25, 0.3) is 5.91 Å². The van der Waals surface area contributed by atoms with E-state index in [-0.39, 0.29) is 10.6 Å². The fraction of sp³-hybridized carbons (Fsp3) is 0.0556. The standard InChI is InChI=1S/C18H10Cl2N2O3S2/c19-9-3-4-10(11(20)8-9)14-13(15(23)12-2-1-6-26-12)16(24)17(25)22(14)18-21-5-7-27-18/h1-8,14,24H/t14-/m0/s1. The highest BCUT2D eigenvalue weighted by Gasteiger charge is 2.46. The molecule has 2 aromatic heterocycles. The van der Waals surface area contributed by atoms with E-state index in [0.29, 0.717) is 20.6 Å². The Bertz CT molecular complexity index is 1060. The Morgan fingerprint density at radius 2 is 2.00 bits per heavy atom. The number of anilines is 1. The molecule has 0 radical (unpaired) electrons. The summed E-state index contributed by atoms with van der Waals surface area (Å²) in [6.45, 7) is 0. The first kappa shape index (κ1) is 18.2. The Labute approximate surface area is 172 Å². The third-order valence-corrected chi connectivity index (χ3v) is 6.28. The van der Waals surface area contributed by atoms with Crippen molar-refractivity contribution < 1.29 is 14.7 Å². The Kier molecular flexibility index (Phi) is 4.77. The highest BCUT2D eigenvalue weighted by atomic mass is 35.5. The minimum Gasteiger partial charge on any atom is -0.503 e. The molecule has 0 saturated carbocycles. The van der Waals surface area contributed by atoms with Crippen molar-refractivity contribution in [3.8, 4) is 0 Å². The van der Waals surface area contributed by atoms with Gasteiger partial charge in [0.2, 0.25) is 5.78 Å². The smallest absolute Gasteiger partial charge is 0.296 e. The van der Waals surface area contributed by atoms with Crippen LogP contribution in [-0.4, -0.2) is 21.8 Å². The quantitative estimate of drug-likeness (QED) is 0.563. The van der Waals surface area contributed by atoms with Crippen LogP contribution in [0.5, 0.6) is 0 Å². The van der Waals surface area contributed by atoms with Gasteiger partial charge in [0.05, 0.1) is 16.5 Å². The minimum atomic E-state index is -0.900. The molecule has 1 aliphatic rings. The lowest BCUT2D eigenvalue weighted by molar-refractivity contribution is -0.117. The van der Waals surface area contributed by atoms with Gasteiger partial charge in [0, 0.05) is 21.6 Å². The van der Waals surface area contributed by atoms with Crippen LogP contribution < -0.4 is 4.90 Å². The Balaban J connectivity index is 1.92. The minimum absolute atomic E-state index is 0.0260. The summed E-state index contributed by atoms with van der Waals surface area (Å²) in [4.78, 5) is 31.8. The van der Waals surface area contributed by atoms with Crippen LogP contribution in [0.2, 0.25) is 10.0 Å². The number of nitrogens with zero attached hydrogens (tertiary/aromatic N) is 2. The molecule has 1 N–H and O–H groups in total.